The van der Waals surface area contributed by atoms with Gasteiger partial charge in [0.1, 0.15) is 0 Å². The van der Waals surface area contributed by atoms with Crippen molar-refractivity contribution in [3.8, 4) is 0 Å². The molecule has 2 N–H and O–H groups in total. The number of aryl methyl sites for hydroxylation is 1. The highest BCUT2D eigenvalue weighted by atomic mass is 32.2. The van der Waals surface area contributed by atoms with E-state index in [4.69, 9.17) is 5.73 Å². The number of hydrogen-bond donors (Lipinski definition) is 1. The largest absolute Gasteiger partial charge is 0.327 e. The Morgan fingerprint density at radius 1 is 1.30 bits per heavy atom. The molecule has 20 heavy (non-hydrogen) atoms. The maximum Gasteiger partial charge on any atom is 0.242 e. The van der Waals surface area contributed by atoms with E-state index in [2.05, 4.69) is 0 Å². The third kappa shape index (κ3) is 4.30. The van der Waals surface area contributed by atoms with Gasteiger partial charge in [-0.1, -0.05) is 32.9 Å². The van der Waals surface area contributed by atoms with Crippen molar-refractivity contribution in [1.82, 2.24) is 4.31 Å². The van der Waals surface area contributed by atoms with Gasteiger partial charge in [-0.3, -0.25) is 0 Å². The van der Waals surface area contributed by atoms with Gasteiger partial charge < -0.3 is 5.73 Å². The Bertz CT molecular complexity index is 526. The van der Waals surface area contributed by atoms with Crippen molar-refractivity contribution in [3.05, 3.63) is 29.8 Å². The van der Waals surface area contributed by atoms with Gasteiger partial charge in [-0.2, -0.15) is 0 Å². The van der Waals surface area contributed by atoms with Gasteiger partial charge in [0.2, 0.25) is 10.0 Å². The molecule has 0 amide bonds. The molecule has 0 heterocycles. The van der Waals surface area contributed by atoms with E-state index in [9.17, 15) is 8.42 Å². The molecule has 1 aromatic rings. The van der Waals surface area contributed by atoms with Crippen LogP contribution in [0.1, 0.15) is 32.8 Å². The van der Waals surface area contributed by atoms with Crippen LogP contribution in [-0.2, 0) is 16.4 Å². The normalized spacial score (nSPS) is 13.9. The molecule has 0 radical (unpaired) electrons. The smallest absolute Gasteiger partial charge is 0.242 e. The van der Waals surface area contributed by atoms with E-state index in [1.165, 1.54) is 4.31 Å². The summed E-state index contributed by atoms with van der Waals surface area (Å²) >= 11 is 0. The number of benzene rings is 1. The average molecular weight is 298 g/mol. The lowest BCUT2D eigenvalue weighted by atomic mass is 10.0. The number of rotatable bonds is 7. The van der Waals surface area contributed by atoms with E-state index in [1.807, 2.05) is 26.8 Å². The molecule has 0 aliphatic rings. The Morgan fingerprint density at radius 3 is 2.50 bits per heavy atom. The first-order valence-corrected chi connectivity index (χ1v) is 8.54. The number of hydrogen-bond acceptors (Lipinski definition) is 3. The van der Waals surface area contributed by atoms with Crippen LogP contribution < -0.4 is 5.73 Å². The van der Waals surface area contributed by atoms with Crippen LogP contribution in [0.2, 0.25) is 0 Å². The summed E-state index contributed by atoms with van der Waals surface area (Å²) in [5, 5.41) is 0. The fraction of sp³-hybridized carbons (Fsp3) is 0.600. The van der Waals surface area contributed by atoms with Gasteiger partial charge >= 0.3 is 0 Å². The Kier molecular flexibility index (Phi) is 6.17. The van der Waals surface area contributed by atoms with E-state index < -0.39 is 10.0 Å². The van der Waals surface area contributed by atoms with E-state index in [1.54, 1.807) is 25.2 Å². The predicted octanol–water partition coefficient (Wildman–Crippen LogP) is 2.24. The third-order valence-corrected chi connectivity index (χ3v) is 5.50. The molecule has 0 saturated carbocycles. The zero-order valence-corrected chi connectivity index (χ0v) is 13.7. The van der Waals surface area contributed by atoms with Crippen molar-refractivity contribution < 1.29 is 8.42 Å². The molecule has 0 saturated heterocycles. The lowest BCUT2D eigenvalue weighted by Gasteiger charge is -2.21. The van der Waals surface area contributed by atoms with E-state index in [-0.39, 0.29) is 6.04 Å². The minimum Gasteiger partial charge on any atom is -0.327 e. The van der Waals surface area contributed by atoms with Crippen LogP contribution in [0.25, 0.3) is 0 Å². The molecule has 0 fully saturated rings. The Hall–Kier alpha value is -0.910. The van der Waals surface area contributed by atoms with Crippen molar-refractivity contribution in [3.63, 3.8) is 0 Å². The van der Waals surface area contributed by atoms with Crippen molar-refractivity contribution in [2.45, 2.75) is 44.6 Å². The van der Waals surface area contributed by atoms with Gasteiger partial charge in [-0.15, -0.1) is 0 Å². The van der Waals surface area contributed by atoms with E-state index in [0.717, 1.165) is 12.0 Å². The summed E-state index contributed by atoms with van der Waals surface area (Å²) in [5.74, 6) is 0.356. The predicted molar refractivity (Wildman–Crippen MR) is 83.1 cm³/mol. The van der Waals surface area contributed by atoms with Crippen molar-refractivity contribution in [1.29, 1.82) is 0 Å². The highest BCUT2D eigenvalue weighted by Crippen LogP contribution is 2.17. The first-order chi connectivity index (χ1) is 9.28. The van der Waals surface area contributed by atoms with Crippen LogP contribution in [-0.4, -0.2) is 32.4 Å². The average Bonchev–Trinajstić information content (AvgIpc) is 2.43. The van der Waals surface area contributed by atoms with Crippen molar-refractivity contribution in [2.75, 3.05) is 13.6 Å². The summed E-state index contributed by atoms with van der Waals surface area (Å²) < 4.78 is 26.3. The van der Waals surface area contributed by atoms with Crippen LogP contribution in [0, 0.1) is 5.92 Å². The molecule has 4 nitrogen and oxygen atoms in total. The molecule has 1 unspecified atom stereocenters. The van der Waals surface area contributed by atoms with Crippen molar-refractivity contribution >= 4 is 10.0 Å². The molecule has 0 bridgehead atoms. The Balaban J connectivity index is 2.81. The summed E-state index contributed by atoms with van der Waals surface area (Å²) in [6.07, 6.45) is 1.49. The molecule has 1 rings (SSSR count). The summed E-state index contributed by atoms with van der Waals surface area (Å²) in [5.41, 5.74) is 7.00. The molecule has 0 aromatic heterocycles. The zero-order chi connectivity index (χ0) is 15.3. The van der Waals surface area contributed by atoms with Crippen LogP contribution in [0.3, 0.4) is 0 Å². The lowest BCUT2D eigenvalue weighted by molar-refractivity contribution is 0.397. The monoisotopic (exact) mass is 298 g/mol. The first kappa shape index (κ1) is 17.1. The molecule has 114 valence electrons. The number of sulfonamides is 1. The number of nitrogens with zero attached hydrogens (tertiary/aromatic N) is 1. The standard InChI is InChI=1S/C15H26N2O2S/c1-5-13-7-6-8-14(11-13)20(18,19)17(4)10-9-15(16)12(2)3/h6-8,11-12,15H,5,9-10,16H2,1-4H3. The molecule has 1 aromatic carbocycles. The topological polar surface area (TPSA) is 63.4 Å². The minimum atomic E-state index is -3.42. The van der Waals surface area contributed by atoms with Crippen LogP contribution in [0.15, 0.2) is 29.2 Å². The summed E-state index contributed by atoms with van der Waals surface area (Å²) in [6.45, 7) is 6.54. The maximum absolute atomic E-state index is 12.5. The molecular formula is C15H26N2O2S. The van der Waals surface area contributed by atoms with Gasteiger partial charge in [0.25, 0.3) is 0 Å². The highest BCUT2D eigenvalue weighted by Gasteiger charge is 2.21. The molecular weight excluding hydrogens is 272 g/mol. The molecule has 5 heteroatoms. The molecule has 0 aliphatic heterocycles. The Morgan fingerprint density at radius 2 is 1.95 bits per heavy atom. The fourth-order valence-electron chi connectivity index (χ4n) is 1.89. The zero-order valence-electron chi connectivity index (χ0n) is 12.8. The van der Waals surface area contributed by atoms with E-state index in [0.29, 0.717) is 23.8 Å². The second kappa shape index (κ2) is 7.20. The van der Waals surface area contributed by atoms with Gasteiger partial charge in [0, 0.05) is 19.6 Å². The number of nitrogens with two attached hydrogens (primary N) is 1. The lowest BCUT2D eigenvalue weighted by Crippen LogP contribution is -2.34. The van der Waals surface area contributed by atoms with E-state index >= 15 is 0 Å². The van der Waals surface area contributed by atoms with Gasteiger partial charge in [0.15, 0.2) is 0 Å². The van der Waals surface area contributed by atoms with Gasteiger partial charge in [-0.05, 0) is 36.5 Å². The molecule has 1 atom stereocenters. The van der Waals surface area contributed by atoms with Crippen molar-refractivity contribution in [2.24, 2.45) is 11.7 Å². The molecule has 0 spiro atoms. The quantitative estimate of drug-likeness (QED) is 0.839. The second-order valence-electron chi connectivity index (χ2n) is 5.52. The van der Waals surface area contributed by atoms with Crippen LogP contribution in [0.4, 0.5) is 0 Å². The molecule has 0 aliphatic carbocycles. The van der Waals surface area contributed by atoms with Gasteiger partial charge in [0.05, 0.1) is 4.90 Å². The van der Waals surface area contributed by atoms with Crippen LogP contribution >= 0.6 is 0 Å². The summed E-state index contributed by atoms with van der Waals surface area (Å²) in [4.78, 5) is 0.359. The Labute approximate surface area is 123 Å². The SMILES string of the molecule is CCc1cccc(S(=O)(=O)N(C)CCC(N)C(C)C)c1. The van der Waals surface area contributed by atoms with Gasteiger partial charge in [-0.25, -0.2) is 12.7 Å². The maximum atomic E-state index is 12.5. The first-order valence-electron chi connectivity index (χ1n) is 7.10. The second-order valence-corrected chi connectivity index (χ2v) is 7.57. The summed E-state index contributed by atoms with van der Waals surface area (Å²) in [6, 6.07) is 7.14. The minimum absolute atomic E-state index is 0.0228. The third-order valence-electron chi connectivity index (χ3n) is 3.65. The highest BCUT2D eigenvalue weighted by molar-refractivity contribution is 7.89. The fourth-order valence-corrected chi connectivity index (χ4v) is 3.15. The van der Waals surface area contributed by atoms with Crippen LogP contribution in [0.5, 0.6) is 0 Å². The summed E-state index contributed by atoms with van der Waals surface area (Å²) in [7, 11) is -1.80.